The van der Waals surface area contributed by atoms with E-state index >= 15 is 0 Å². The fourth-order valence-electron chi connectivity index (χ4n) is 3.44. The van der Waals surface area contributed by atoms with Crippen molar-refractivity contribution >= 4 is 49.0 Å². The zero-order valence-electron chi connectivity index (χ0n) is 16.0. The van der Waals surface area contributed by atoms with Crippen molar-refractivity contribution in [3.05, 3.63) is 16.5 Å². The number of rotatable bonds is 7. The molecule has 154 valence electrons. The van der Waals surface area contributed by atoms with Crippen LogP contribution in [0.15, 0.2) is 6.07 Å². The quantitative estimate of drug-likeness (QED) is 0.483. The van der Waals surface area contributed by atoms with Gasteiger partial charge in [0.15, 0.2) is 0 Å². The number of sulfonamides is 1. The van der Waals surface area contributed by atoms with Crippen LogP contribution in [0.1, 0.15) is 41.4 Å². The highest BCUT2D eigenvalue weighted by Crippen LogP contribution is 2.37. The summed E-state index contributed by atoms with van der Waals surface area (Å²) < 4.78 is 22.4. The second-order valence-corrected chi connectivity index (χ2v) is 9.81. The van der Waals surface area contributed by atoms with Crippen LogP contribution in [0.4, 0.5) is 11.5 Å². The molecule has 0 unspecified atom stereocenters. The van der Waals surface area contributed by atoms with Gasteiger partial charge < -0.3 is 16.4 Å². The predicted octanol–water partition coefficient (Wildman–Crippen LogP) is 0.953. The lowest BCUT2D eigenvalue weighted by Crippen LogP contribution is -2.49. The van der Waals surface area contributed by atoms with E-state index in [4.69, 9.17) is 16.5 Å². The van der Waals surface area contributed by atoms with Crippen LogP contribution in [0.3, 0.4) is 0 Å². The number of hydrogen-bond acceptors (Lipinski definition) is 8. The topological polar surface area (TPSA) is 143 Å². The van der Waals surface area contributed by atoms with E-state index in [1.165, 1.54) is 11.3 Å². The molecule has 1 saturated heterocycles. The van der Waals surface area contributed by atoms with Gasteiger partial charge in [0.05, 0.1) is 11.9 Å². The number of primary amides is 1. The van der Waals surface area contributed by atoms with E-state index in [2.05, 4.69) is 22.1 Å². The smallest absolute Gasteiger partial charge is 0.260 e. The molecule has 0 atom stereocenters. The van der Waals surface area contributed by atoms with Crippen molar-refractivity contribution in [1.29, 1.82) is 0 Å². The Bertz CT molecular complexity index is 980. The van der Waals surface area contributed by atoms with Crippen LogP contribution in [0.25, 0.3) is 10.2 Å². The van der Waals surface area contributed by atoms with Crippen LogP contribution < -0.4 is 26.6 Å². The number of hydrogen-bond donors (Lipinski definition) is 4. The number of anilines is 2. The van der Waals surface area contributed by atoms with Gasteiger partial charge in [-0.15, -0.1) is 11.3 Å². The first kappa shape index (κ1) is 20.8. The molecule has 1 fully saturated rings. The van der Waals surface area contributed by atoms with E-state index in [9.17, 15) is 13.2 Å². The van der Waals surface area contributed by atoms with Gasteiger partial charge >= 0.3 is 0 Å². The fraction of sp³-hybridized carbons (Fsp3) is 0.529. The fourth-order valence-corrected chi connectivity index (χ4v) is 4.81. The van der Waals surface area contributed by atoms with Gasteiger partial charge in [0.1, 0.15) is 15.5 Å². The molecule has 9 nitrogen and oxygen atoms in total. The number of aromatic nitrogens is 1. The van der Waals surface area contributed by atoms with Crippen LogP contribution >= 0.6 is 11.3 Å². The standard InChI is InChI=1S/C17H26N6O3S2/c1-3-4-10-9-12(20-17-13(10)14(18)15(27-17)16(19)24)23-7-5-11(6-8-23)21-22-28(2,25)26/h9,11,21-22H,3-8,18H2,1-2H3,(H2,19,24). The molecular formula is C17H26N6O3S2. The highest BCUT2D eigenvalue weighted by Gasteiger charge is 2.24. The summed E-state index contributed by atoms with van der Waals surface area (Å²) in [4.78, 5) is 22.0. The highest BCUT2D eigenvalue weighted by molar-refractivity contribution is 7.88. The van der Waals surface area contributed by atoms with Crippen LogP contribution in [-0.4, -0.2) is 44.7 Å². The molecular weight excluding hydrogens is 400 g/mol. The average Bonchev–Trinajstić information content (AvgIpc) is 2.97. The largest absolute Gasteiger partial charge is 0.397 e. The number of carbonyl (C=O) groups excluding carboxylic acids is 1. The van der Waals surface area contributed by atoms with Crippen LogP contribution in [0, 0.1) is 0 Å². The lowest BCUT2D eigenvalue weighted by Gasteiger charge is -2.33. The second-order valence-electron chi connectivity index (χ2n) is 7.06. The number of nitrogen functional groups attached to an aromatic ring is 1. The van der Waals surface area contributed by atoms with Crippen molar-refractivity contribution in [3.63, 3.8) is 0 Å². The van der Waals surface area contributed by atoms with E-state index in [0.29, 0.717) is 10.6 Å². The van der Waals surface area contributed by atoms with Gasteiger partial charge in [-0.05, 0) is 30.9 Å². The lowest BCUT2D eigenvalue weighted by molar-refractivity contribution is 0.100. The number of nitrogens with one attached hydrogen (secondary N) is 2. The van der Waals surface area contributed by atoms with Crippen molar-refractivity contribution < 1.29 is 13.2 Å². The van der Waals surface area contributed by atoms with Gasteiger partial charge in [-0.1, -0.05) is 13.3 Å². The summed E-state index contributed by atoms with van der Waals surface area (Å²) >= 11 is 1.24. The lowest BCUT2D eigenvalue weighted by atomic mass is 10.0. The molecule has 0 saturated carbocycles. The molecule has 0 spiro atoms. The molecule has 2 aromatic rings. The van der Waals surface area contributed by atoms with Gasteiger partial charge in [0.25, 0.3) is 5.91 Å². The summed E-state index contributed by atoms with van der Waals surface area (Å²) in [5.41, 5.74) is 16.0. The van der Waals surface area contributed by atoms with Crippen molar-refractivity contribution in [1.82, 2.24) is 15.2 Å². The zero-order valence-corrected chi connectivity index (χ0v) is 17.6. The van der Waals surface area contributed by atoms with Crippen LogP contribution in [0.5, 0.6) is 0 Å². The summed E-state index contributed by atoms with van der Waals surface area (Å²) in [6.07, 6.45) is 4.47. The Balaban J connectivity index is 1.83. The molecule has 0 aliphatic carbocycles. The van der Waals surface area contributed by atoms with E-state index in [1.54, 1.807) is 0 Å². The molecule has 0 bridgehead atoms. The van der Waals surface area contributed by atoms with Crippen molar-refractivity contribution in [2.45, 2.75) is 38.6 Å². The Morgan fingerprint density at radius 1 is 1.39 bits per heavy atom. The number of aryl methyl sites for hydroxylation is 1. The Morgan fingerprint density at radius 2 is 2.07 bits per heavy atom. The molecule has 3 rings (SSSR count). The van der Waals surface area contributed by atoms with E-state index in [1.807, 2.05) is 6.07 Å². The highest BCUT2D eigenvalue weighted by atomic mass is 32.2. The summed E-state index contributed by atoms with van der Waals surface area (Å²) in [6.45, 7) is 3.59. The molecule has 28 heavy (non-hydrogen) atoms. The van der Waals surface area contributed by atoms with Crippen molar-refractivity contribution in [2.24, 2.45) is 5.73 Å². The Labute approximate surface area is 168 Å². The minimum atomic E-state index is -3.27. The predicted molar refractivity (Wildman–Crippen MR) is 113 cm³/mol. The molecule has 11 heteroatoms. The molecule has 0 radical (unpaired) electrons. The number of piperidine rings is 1. The maximum atomic E-state index is 11.7. The minimum absolute atomic E-state index is 0.0728. The van der Waals surface area contributed by atoms with E-state index < -0.39 is 15.9 Å². The number of nitrogens with zero attached hydrogens (tertiary/aromatic N) is 2. The summed E-state index contributed by atoms with van der Waals surface area (Å²) in [6, 6.07) is 2.12. The Morgan fingerprint density at radius 3 is 2.64 bits per heavy atom. The van der Waals surface area contributed by atoms with Gasteiger partial charge in [-0.3, -0.25) is 4.79 Å². The number of fused-ring (bicyclic) bond motifs is 1. The third-order valence-electron chi connectivity index (χ3n) is 4.78. The number of hydrazine groups is 1. The molecule has 3 heterocycles. The van der Waals surface area contributed by atoms with E-state index in [0.717, 1.165) is 66.6 Å². The normalized spacial score (nSPS) is 16.0. The molecule has 1 amide bonds. The molecule has 0 aromatic carbocycles. The van der Waals surface area contributed by atoms with Crippen LogP contribution in [-0.2, 0) is 16.4 Å². The first-order valence-corrected chi connectivity index (χ1v) is 11.9. The first-order chi connectivity index (χ1) is 13.2. The Hall–Kier alpha value is -1.95. The third-order valence-corrected chi connectivity index (χ3v) is 6.38. The number of nitrogens with two attached hydrogens (primary N) is 2. The average molecular weight is 427 g/mol. The second kappa shape index (κ2) is 8.19. The zero-order chi connectivity index (χ0) is 20.5. The maximum absolute atomic E-state index is 11.7. The summed E-state index contributed by atoms with van der Waals surface area (Å²) in [7, 11) is -3.27. The first-order valence-electron chi connectivity index (χ1n) is 9.18. The number of thiophene rings is 1. The minimum Gasteiger partial charge on any atom is -0.397 e. The van der Waals surface area contributed by atoms with Gasteiger partial charge in [0, 0.05) is 24.5 Å². The van der Waals surface area contributed by atoms with Crippen LogP contribution in [0.2, 0.25) is 0 Å². The van der Waals surface area contributed by atoms with Crippen molar-refractivity contribution in [2.75, 3.05) is 30.0 Å². The molecule has 1 aliphatic heterocycles. The SMILES string of the molecule is CCCc1cc(N2CCC(NNS(C)(=O)=O)CC2)nc2sc(C(N)=O)c(N)c12. The molecule has 1 aliphatic rings. The molecule has 2 aromatic heterocycles. The van der Waals surface area contributed by atoms with Gasteiger partial charge in [-0.2, -0.15) is 4.83 Å². The maximum Gasteiger partial charge on any atom is 0.260 e. The van der Waals surface area contributed by atoms with Gasteiger partial charge in [-0.25, -0.2) is 18.8 Å². The van der Waals surface area contributed by atoms with Crippen molar-refractivity contribution in [3.8, 4) is 0 Å². The van der Waals surface area contributed by atoms with E-state index in [-0.39, 0.29) is 6.04 Å². The summed E-state index contributed by atoms with van der Waals surface area (Å²) in [5.74, 6) is 0.317. The Kier molecular flexibility index (Phi) is 6.08. The number of carbonyl (C=O) groups is 1. The summed E-state index contributed by atoms with van der Waals surface area (Å²) in [5, 5.41) is 0.832. The molecule has 6 N–H and O–H groups in total. The number of pyridine rings is 1. The monoisotopic (exact) mass is 426 g/mol. The third kappa shape index (κ3) is 4.54. The van der Waals surface area contributed by atoms with Gasteiger partial charge in [0.2, 0.25) is 10.0 Å². The number of amides is 1.